The van der Waals surface area contributed by atoms with Gasteiger partial charge < -0.3 is 14.4 Å². The molecule has 3 aliphatic rings. The van der Waals surface area contributed by atoms with Gasteiger partial charge in [-0.3, -0.25) is 4.79 Å². The summed E-state index contributed by atoms with van der Waals surface area (Å²) in [6, 6.07) is 8.07. The Hall–Kier alpha value is -1.80. The Bertz CT molecular complexity index is 752. The largest absolute Gasteiger partial charge is 0.616 e. The Balaban J connectivity index is 1.49. The molecule has 0 spiro atoms. The van der Waals surface area contributed by atoms with Gasteiger partial charge in [-0.2, -0.15) is 0 Å². The van der Waals surface area contributed by atoms with E-state index in [1.807, 2.05) is 48.8 Å². The molecule has 0 saturated carbocycles. The second-order valence-corrected chi connectivity index (χ2v) is 8.52. The van der Waals surface area contributed by atoms with Crippen LogP contribution in [0, 0.1) is 0 Å². The number of nitrogens with zero attached hydrogens (tertiary/aromatic N) is 4. The number of rotatable bonds is 1. The number of carbonyl (C=O) groups is 1. The van der Waals surface area contributed by atoms with Crippen LogP contribution in [0.1, 0.15) is 13.3 Å². The van der Waals surface area contributed by atoms with Crippen LogP contribution < -0.4 is 10.4 Å². The van der Waals surface area contributed by atoms with Crippen LogP contribution in [0.15, 0.2) is 34.3 Å². The summed E-state index contributed by atoms with van der Waals surface area (Å²) in [5.74, 6) is 1.39. The molecule has 6 nitrogen and oxygen atoms in total. The van der Waals surface area contributed by atoms with E-state index < -0.39 is 11.2 Å². The number of anilines is 1. The predicted octanol–water partition coefficient (Wildman–Crippen LogP) is -0.686. The average molecular weight is 356 g/mol. The number of aliphatic imine (C=N–C) groups is 2. The van der Waals surface area contributed by atoms with Gasteiger partial charge in [0.25, 0.3) is 0 Å². The van der Waals surface area contributed by atoms with E-state index in [4.69, 9.17) is 4.99 Å². The van der Waals surface area contributed by atoms with Crippen molar-refractivity contribution in [1.29, 1.82) is 0 Å². The zero-order valence-corrected chi connectivity index (χ0v) is 15.3. The van der Waals surface area contributed by atoms with Crippen LogP contribution in [-0.4, -0.2) is 71.6 Å². The number of amides is 1. The molecule has 0 bridgehead atoms. The van der Waals surface area contributed by atoms with Crippen LogP contribution in [0.3, 0.4) is 0 Å². The topological polar surface area (TPSA) is 71.3 Å². The molecule has 1 aromatic carbocycles. The van der Waals surface area contributed by atoms with Crippen molar-refractivity contribution in [2.45, 2.75) is 24.6 Å². The Morgan fingerprint density at radius 1 is 1.28 bits per heavy atom. The van der Waals surface area contributed by atoms with Crippen LogP contribution in [0.2, 0.25) is 0 Å². The third-order valence-electron chi connectivity index (χ3n) is 5.07. The molecule has 3 aliphatic heterocycles. The summed E-state index contributed by atoms with van der Waals surface area (Å²) in [6.45, 7) is 3.54. The molecule has 0 aliphatic carbocycles. The minimum Gasteiger partial charge on any atom is -0.616 e. The maximum Gasteiger partial charge on any atom is 0.246 e. The van der Waals surface area contributed by atoms with E-state index in [2.05, 4.69) is 4.99 Å². The minimum atomic E-state index is -0.861. The van der Waals surface area contributed by atoms with Crippen molar-refractivity contribution in [2.75, 3.05) is 30.3 Å². The highest BCUT2D eigenvalue weighted by Gasteiger charge is 2.44. The van der Waals surface area contributed by atoms with E-state index in [1.54, 1.807) is 0 Å². The number of guanidine groups is 1. The van der Waals surface area contributed by atoms with Crippen LogP contribution in [0.5, 0.6) is 0 Å². The lowest BCUT2D eigenvalue weighted by Crippen LogP contribution is -2.53. The van der Waals surface area contributed by atoms with Crippen molar-refractivity contribution >= 4 is 47.8 Å². The molecule has 0 aromatic heterocycles. The van der Waals surface area contributed by atoms with Gasteiger partial charge in [-0.05, 0) is 30.2 Å². The first-order chi connectivity index (χ1) is 12.0. The fourth-order valence-electron chi connectivity index (χ4n) is 3.68. The van der Waals surface area contributed by atoms with Gasteiger partial charge in [0.15, 0.2) is 5.25 Å². The summed E-state index contributed by atoms with van der Waals surface area (Å²) in [7, 11) is 2.04. The van der Waals surface area contributed by atoms with E-state index >= 15 is 0 Å². The Morgan fingerprint density at radius 3 is 2.76 bits per heavy atom. The molecule has 3 atom stereocenters. The molecule has 130 valence electrons. The highest BCUT2D eigenvalue weighted by Crippen LogP contribution is 2.28. The van der Waals surface area contributed by atoms with Crippen molar-refractivity contribution < 1.29 is 9.35 Å². The summed E-state index contributed by atoms with van der Waals surface area (Å²) in [5, 5.41) is -0.0340. The lowest BCUT2D eigenvalue weighted by Gasteiger charge is -2.36. The zero-order chi connectivity index (χ0) is 17.6. The molecular formula is C17H21BN4O2S. The molecular weight excluding hydrogens is 335 g/mol. The highest BCUT2D eigenvalue weighted by molar-refractivity contribution is 7.93. The van der Waals surface area contributed by atoms with Gasteiger partial charge in [-0.25, -0.2) is 9.98 Å². The molecule has 4 rings (SSSR count). The molecule has 0 N–H and O–H groups in total. The maximum atomic E-state index is 12.6. The quantitative estimate of drug-likeness (QED) is 0.494. The van der Waals surface area contributed by atoms with Crippen molar-refractivity contribution in [3.63, 3.8) is 0 Å². The smallest absolute Gasteiger partial charge is 0.246 e. The van der Waals surface area contributed by atoms with E-state index in [0.29, 0.717) is 24.8 Å². The van der Waals surface area contributed by atoms with Crippen molar-refractivity contribution in [3.05, 3.63) is 24.3 Å². The van der Waals surface area contributed by atoms with Gasteiger partial charge in [0.1, 0.15) is 26.2 Å². The molecule has 1 aromatic rings. The minimum absolute atomic E-state index is 0.0340. The molecule has 0 radical (unpaired) electrons. The number of benzene rings is 1. The van der Waals surface area contributed by atoms with Crippen molar-refractivity contribution in [3.8, 4) is 0 Å². The summed E-state index contributed by atoms with van der Waals surface area (Å²) in [4.78, 5) is 25.7. The average Bonchev–Trinajstić information content (AvgIpc) is 2.97. The molecule has 2 unspecified atom stereocenters. The summed E-state index contributed by atoms with van der Waals surface area (Å²) >= 11 is -0.861. The molecule has 3 heterocycles. The lowest BCUT2D eigenvalue weighted by molar-refractivity contribution is -0.120. The molecule has 1 amide bonds. The summed E-state index contributed by atoms with van der Waals surface area (Å²) in [5.41, 5.74) is 3.01. The Kier molecular flexibility index (Phi) is 4.33. The highest BCUT2D eigenvalue weighted by atomic mass is 32.2. The van der Waals surface area contributed by atoms with Crippen LogP contribution in [-0.2, 0) is 16.0 Å². The zero-order valence-electron chi connectivity index (χ0n) is 14.5. The number of carbonyl (C=O) groups excluding carboxylic acids is 1. The van der Waals surface area contributed by atoms with E-state index in [1.165, 1.54) is 5.46 Å². The van der Waals surface area contributed by atoms with Crippen molar-refractivity contribution in [1.82, 2.24) is 4.90 Å². The number of hydrogen-bond acceptors (Lipinski definition) is 5. The fraction of sp³-hybridized carbons (Fsp3) is 0.471. The van der Waals surface area contributed by atoms with Crippen LogP contribution in [0.4, 0.5) is 5.69 Å². The monoisotopic (exact) mass is 356 g/mol. The normalized spacial score (nSPS) is 29.4. The predicted molar refractivity (Wildman–Crippen MR) is 104 cm³/mol. The SMILES string of the molecule is Bc1ccc(N2CCN(C3=NC4CC[S+]([O-])[C@@H]4C(C)=N3)CC2=O)cc1. The second kappa shape index (κ2) is 6.50. The van der Waals surface area contributed by atoms with Gasteiger partial charge in [-0.15, -0.1) is 0 Å². The van der Waals surface area contributed by atoms with Crippen LogP contribution in [0.25, 0.3) is 0 Å². The molecule has 8 heteroatoms. The van der Waals surface area contributed by atoms with Crippen LogP contribution >= 0.6 is 0 Å². The molecule has 25 heavy (non-hydrogen) atoms. The van der Waals surface area contributed by atoms with E-state index in [9.17, 15) is 9.35 Å². The van der Waals surface area contributed by atoms with E-state index in [-0.39, 0.29) is 23.7 Å². The second-order valence-electron chi connectivity index (χ2n) is 6.85. The lowest BCUT2D eigenvalue weighted by atomic mass is 9.96. The number of fused-ring (bicyclic) bond motifs is 1. The first-order valence-electron chi connectivity index (χ1n) is 8.65. The van der Waals surface area contributed by atoms with Gasteiger partial charge in [-0.1, -0.05) is 17.6 Å². The third-order valence-corrected chi connectivity index (χ3v) is 6.93. The van der Waals surface area contributed by atoms with Gasteiger partial charge in [0.2, 0.25) is 11.9 Å². The van der Waals surface area contributed by atoms with Gasteiger partial charge in [0.05, 0.1) is 5.71 Å². The Labute approximate surface area is 151 Å². The third kappa shape index (κ3) is 3.09. The first kappa shape index (κ1) is 16.7. The molecule has 2 saturated heterocycles. The molecule has 2 fully saturated rings. The fourth-order valence-corrected chi connectivity index (χ4v) is 5.39. The maximum absolute atomic E-state index is 12.6. The number of hydrogen-bond donors (Lipinski definition) is 0. The summed E-state index contributed by atoms with van der Waals surface area (Å²) < 4.78 is 12.1. The number of piperazine rings is 1. The standard InChI is InChI=1S/C17H21BN4O2S/c1-11-16-14(6-9-25(16)24)20-17(19-11)21-7-8-22(15(23)10-21)13-4-2-12(18)3-5-13/h2-5,14,16H,6-10,18H2,1H3/t14?,16-,25?/m1/s1. The first-order valence-corrected chi connectivity index (χ1v) is 10.0. The Morgan fingerprint density at radius 2 is 2.04 bits per heavy atom. The van der Waals surface area contributed by atoms with Gasteiger partial charge >= 0.3 is 0 Å². The summed E-state index contributed by atoms with van der Waals surface area (Å²) in [6.07, 6.45) is 0.838. The van der Waals surface area contributed by atoms with Gasteiger partial charge in [0, 0.05) is 25.2 Å². The van der Waals surface area contributed by atoms with Crippen molar-refractivity contribution in [2.24, 2.45) is 9.98 Å². The van der Waals surface area contributed by atoms with E-state index in [0.717, 1.165) is 17.8 Å².